The minimum atomic E-state index is 0.210. The molecule has 1 aromatic heterocycles. The van der Waals surface area contributed by atoms with Crippen LogP contribution in [0, 0.1) is 0 Å². The van der Waals surface area contributed by atoms with Gasteiger partial charge in [-0.2, -0.15) is 0 Å². The lowest BCUT2D eigenvalue weighted by Gasteiger charge is -2.08. The van der Waals surface area contributed by atoms with Gasteiger partial charge in [-0.25, -0.2) is 0 Å². The van der Waals surface area contributed by atoms with Crippen molar-refractivity contribution in [2.45, 2.75) is 18.2 Å². The van der Waals surface area contributed by atoms with Crippen LogP contribution in [-0.4, -0.2) is 0 Å². The molecule has 1 unspecified atom stereocenters. The summed E-state index contributed by atoms with van der Waals surface area (Å²) in [5, 5.41) is 0.777. The van der Waals surface area contributed by atoms with Gasteiger partial charge in [-0.05, 0) is 39.5 Å². The normalized spacial score (nSPS) is 12.7. The third-order valence-corrected chi connectivity index (χ3v) is 6.46. The number of benzene rings is 1. The molecule has 0 aliphatic carbocycles. The molecular weight excluding hydrogens is 383 g/mol. The molecular formula is C13H11Br2ClS. The van der Waals surface area contributed by atoms with E-state index in [-0.39, 0.29) is 4.83 Å². The maximum Gasteiger partial charge on any atom is 0.0887 e. The maximum absolute atomic E-state index is 6.05. The van der Waals surface area contributed by atoms with Gasteiger partial charge in [-0.3, -0.25) is 0 Å². The number of halogens is 3. The Bertz CT molecular complexity index is 485. The van der Waals surface area contributed by atoms with E-state index >= 15 is 0 Å². The van der Waals surface area contributed by atoms with Crippen LogP contribution in [0.2, 0.25) is 5.02 Å². The zero-order chi connectivity index (χ0) is 12.4. The van der Waals surface area contributed by atoms with Crippen LogP contribution in [0.5, 0.6) is 0 Å². The van der Waals surface area contributed by atoms with Crippen LogP contribution in [0.15, 0.2) is 34.1 Å². The molecule has 1 atom stereocenters. The predicted molar refractivity (Wildman–Crippen MR) is 83.6 cm³/mol. The summed E-state index contributed by atoms with van der Waals surface area (Å²) in [5.41, 5.74) is 2.62. The molecule has 0 fully saturated rings. The van der Waals surface area contributed by atoms with Gasteiger partial charge in [-0.1, -0.05) is 58.7 Å². The smallest absolute Gasteiger partial charge is 0.0887 e. The molecule has 17 heavy (non-hydrogen) atoms. The minimum absolute atomic E-state index is 0.210. The van der Waals surface area contributed by atoms with Gasteiger partial charge in [0.1, 0.15) is 0 Å². The highest BCUT2D eigenvalue weighted by Crippen LogP contribution is 2.41. The van der Waals surface area contributed by atoms with Crippen LogP contribution < -0.4 is 0 Å². The van der Waals surface area contributed by atoms with E-state index in [2.05, 4.69) is 63.0 Å². The summed E-state index contributed by atoms with van der Waals surface area (Å²) in [7, 11) is 0. The van der Waals surface area contributed by atoms with Gasteiger partial charge in [-0.15, -0.1) is 11.3 Å². The van der Waals surface area contributed by atoms with Crippen molar-refractivity contribution in [2.75, 3.05) is 0 Å². The van der Waals surface area contributed by atoms with E-state index in [1.807, 2.05) is 6.07 Å². The van der Waals surface area contributed by atoms with E-state index in [4.69, 9.17) is 11.6 Å². The van der Waals surface area contributed by atoms with Crippen LogP contribution in [0.4, 0.5) is 0 Å². The zero-order valence-electron chi connectivity index (χ0n) is 9.21. The highest BCUT2D eigenvalue weighted by atomic mass is 79.9. The van der Waals surface area contributed by atoms with Gasteiger partial charge in [0, 0.05) is 4.88 Å². The van der Waals surface area contributed by atoms with Crippen molar-refractivity contribution in [1.82, 2.24) is 0 Å². The molecule has 0 amide bonds. The molecule has 0 spiro atoms. The number of hydrogen-bond acceptors (Lipinski definition) is 1. The second-order valence-electron chi connectivity index (χ2n) is 3.73. The third-order valence-electron chi connectivity index (χ3n) is 2.59. The van der Waals surface area contributed by atoms with Crippen molar-refractivity contribution in [1.29, 1.82) is 0 Å². The molecule has 0 nitrogen and oxygen atoms in total. The molecule has 0 bridgehead atoms. The Morgan fingerprint density at radius 3 is 2.41 bits per heavy atom. The van der Waals surface area contributed by atoms with Crippen LogP contribution in [-0.2, 0) is 6.42 Å². The van der Waals surface area contributed by atoms with E-state index in [1.165, 1.54) is 16.0 Å². The average Bonchev–Trinajstić information content (AvgIpc) is 2.69. The Kier molecular flexibility index (Phi) is 4.70. The second kappa shape index (κ2) is 5.87. The van der Waals surface area contributed by atoms with Crippen molar-refractivity contribution in [3.63, 3.8) is 0 Å². The maximum atomic E-state index is 6.05. The molecule has 0 N–H and O–H groups in total. The Labute approximate surface area is 127 Å². The van der Waals surface area contributed by atoms with E-state index in [1.54, 1.807) is 11.3 Å². The summed E-state index contributed by atoms with van der Waals surface area (Å²) in [4.78, 5) is 1.42. The molecule has 0 aliphatic heterocycles. The number of alkyl halides is 1. The molecule has 1 aromatic carbocycles. The monoisotopic (exact) mass is 392 g/mol. The quantitative estimate of drug-likeness (QED) is 0.543. The molecule has 1 heterocycles. The van der Waals surface area contributed by atoms with Crippen LogP contribution in [0.25, 0.3) is 0 Å². The molecule has 4 heteroatoms. The van der Waals surface area contributed by atoms with E-state index in [9.17, 15) is 0 Å². The van der Waals surface area contributed by atoms with Gasteiger partial charge < -0.3 is 0 Å². The lowest BCUT2D eigenvalue weighted by molar-refractivity contribution is 1.12. The standard InChI is InChI=1S/C13H11Br2ClS/c1-2-8-3-5-9(6-4-8)12(14)11-7-10(16)13(15)17-11/h3-7,12H,2H2,1H3. The molecule has 0 saturated heterocycles. The molecule has 90 valence electrons. The molecule has 0 saturated carbocycles. The minimum Gasteiger partial charge on any atom is -0.130 e. The van der Waals surface area contributed by atoms with Gasteiger partial charge in [0.2, 0.25) is 0 Å². The fourth-order valence-corrected chi connectivity index (χ4v) is 4.05. The number of aryl methyl sites for hydroxylation is 1. The highest BCUT2D eigenvalue weighted by Gasteiger charge is 2.14. The van der Waals surface area contributed by atoms with Crippen molar-refractivity contribution in [3.05, 3.63) is 55.1 Å². The Morgan fingerprint density at radius 1 is 1.29 bits per heavy atom. The topological polar surface area (TPSA) is 0 Å². The number of thiophene rings is 1. The average molecular weight is 395 g/mol. The van der Waals surface area contributed by atoms with Crippen LogP contribution in [0.1, 0.15) is 27.8 Å². The van der Waals surface area contributed by atoms with Gasteiger partial charge >= 0.3 is 0 Å². The van der Waals surface area contributed by atoms with Crippen LogP contribution >= 0.6 is 54.8 Å². The van der Waals surface area contributed by atoms with Gasteiger partial charge in [0.05, 0.1) is 13.6 Å². The Balaban J connectivity index is 2.26. The van der Waals surface area contributed by atoms with E-state index in [0.29, 0.717) is 0 Å². The highest BCUT2D eigenvalue weighted by molar-refractivity contribution is 9.11. The van der Waals surface area contributed by atoms with Gasteiger partial charge in [0.25, 0.3) is 0 Å². The lowest BCUT2D eigenvalue weighted by Crippen LogP contribution is -1.90. The Hall–Kier alpha value is 0.170. The first-order valence-electron chi connectivity index (χ1n) is 5.29. The van der Waals surface area contributed by atoms with Crippen molar-refractivity contribution in [2.24, 2.45) is 0 Å². The molecule has 0 aliphatic rings. The first-order valence-corrected chi connectivity index (χ1v) is 8.19. The summed E-state index contributed by atoms with van der Waals surface area (Å²) in [6.07, 6.45) is 1.07. The van der Waals surface area contributed by atoms with Crippen molar-refractivity contribution < 1.29 is 0 Å². The summed E-state index contributed by atoms with van der Waals surface area (Å²) in [5.74, 6) is 0. The van der Waals surface area contributed by atoms with Crippen molar-refractivity contribution >= 4 is 54.8 Å². The second-order valence-corrected chi connectivity index (χ2v) is 7.45. The summed E-state index contributed by atoms with van der Waals surface area (Å²) < 4.78 is 0.990. The molecule has 0 radical (unpaired) electrons. The lowest BCUT2D eigenvalue weighted by atomic mass is 10.1. The number of rotatable bonds is 3. The van der Waals surface area contributed by atoms with Crippen molar-refractivity contribution in [3.8, 4) is 0 Å². The molecule has 2 rings (SSSR count). The fraction of sp³-hybridized carbons (Fsp3) is 0.231. The SMILES string of the molecule is CCc1ccc(C(Br)c2cc(Cl)c(Br)s2)cc1. The summed E-state index contributed by atoms with van der Waals surface area (Å²) in [6, 6.07) is 10.7. The number of hydrogen-bond donors (Lipinski definition) is 0. The first-order chi connectivity index (χ1) is 8.11. The largest absolute Gasteiger partial charge is 0.130 e. The molecule has 2 aromatic rings. The summed E-state index contributed by atoms with van der Waals surface area (Å²) >= 11 is 14.9. The predicted octanol–water partition coefficient (Wildman–Crippen LogP) is 6.21. The third kappa shape index (κ3) is 3.14. The summed E-state index contributed by atoms with van der Waals surface area (Å²) in [6.45, 7) is 2.16. The van der Waals surface area contributed by atoms with E-state index < -0.39 is 0 Å². The zero-order valence-corrected chi connectivity index (χ0v) is 14.0. The Morgan fingerprint density at radius 2 is 1.94 bits per heavy atom. The van der Waals surface area contributed by atoms with Crippen LogP contribution in [0.3, 0.4) is 0 Å². The fourth-order valence-electron chi connectivity index (χ4n) is 1.57. The van der Waals surface area contributed by atoms with Gasteiger partial charge in [0.15, 0.2) is 0 Å². The van der Waals surface area contributed by atoms with E-state index in [0.717, 1.165) is 15.2 Å². The first kappa shape index (κ1) is 13.6.